The molecule has 0 saturated heterocycles. The Morgan fingerprint density at radius 3 is 2.89 bits per heavy atom. The number of amides is 1. The normalized spacial score (nSPS) is 12.0. The van der Waals surface area contributed by atoms with Gasteiger partial charge in [-0.25, -0.2) is 0 Å². The first-order chi connectivity index (χ1) is 8.95. The lowest BCUT2D eigenvalue weighted by Gasteiger charge is -2.15. The van der Waals surface area contributed by atoms with Crippen molar-refractivity contribution in [3.8, 4) is 0 Å². The second-order valence-corrected chi connectivity index (χ2v) is 5.48. The van der Waals surface area contributed by atoms with Gasteiger partial charge in [0.1, 0.15) is 6.10 Å². The smallest absolute Gasteiger partial charge is 0.253 e. The largest absolute Gasteiger partial charge is 0.368 e. The number of ether oxygens (including phenoxy) is 1. The first kappa shape index (κ1) is 16.2. The van der Waals surface area contributed by atoms with Crippen LogP contribution in [0.1, 0.15) is 18.9 Å². The quantitative estimate of drug-likeness (QED) is 0.615. The molecule has 0 bridgehead atoms. The van der Waals surface area contributed by atoms with Crippen LogP contribution in [0.25, 0.3) is 0 Å². The molecule has 0 aliphatic rings. The summed E-state index contributed by atoms with van der Waals surface area (Å²) in [6, 6.07) is 3.64. The van der Waals surface area contributed by atoms with Crippen LogP contribution >= 0.6 is 27.5 Å². The van der Waals surface area contributed by atoms with Crippen LogP contribution < -0.4 is 5.32 Å². The number of benzene rings is 1. The number of nitrogens with one attached hydrogen (secondary N) is 1. The predicted molar refractivity (Wildman–Crippen MR) is 82.7 cm³/mol. The average Bonchev–Trinajstić information content (AvgIpc) is 2.33. The number of rotatable bonds is 6. The summed E-state index contributed by atoms with van der Waals surface area (Å²) in [5.74, 6) is -0.212. The lowest BCUT2D eigenvalue weighted by Crippen LogP contribution is -2.28. The summed E-state index contributed by atoms with van der Waals surface area (Å²) >= 11 is 9.46. The van der Waals surface area contributed by atoms with E-state index in [9.17, 15) is 4.79 Å². The summed E-state index contributed by atoms with van der Waals surface area (Å²) in [4.78, 5) is 12.0. The molecule has 0 aliphatic heterocycles. The number of hydrogen-bond acceptors (Lipinski definition) is 2. The van der Waals surface area contributed by atoms with E-state index in [1.165, 1.54) is 0 Å². The van der Waals surface area contributed by atoms with E-state index in [2.05, 4.69) is 27.8 Å². The van der Waals surface area contributed by atoms with Crippen molar-refractivity contribution in [1.29, 1.82) is 0 Å². The third-order valence-electron chi connectivity index (χ3n) is 2.56. The van der Waals surface area contributed by atoms with Gasteiger partial charge in [-0.1, -0.05) is 33.6 Å². The van der Waals surface area contributed by atoms with Crippen molar-refractivity contribution < 1.29 is 9.53 Å². The lowest BCUT2D eigenvalue weighted by molar-refractivity contribution is -0.126. The Morgan fingerprint density at radius 1 is 1.63 bits per heavy atom. The van der Waals surface area contributed by atoms with E-state index in [-0.39, 0.29) is 5.91 Å². The molecule has 1 amide bonds. The van der Waals surface area contributed by atoms with Gasteiger partial charge in [-0.2, -0.15) is 0 Å². The summed E-state index contributed by atoms with van der Waals surface area (Å²) < 4.78 is 6.26. The van der Waals surface area contributed by atoms with Crippen LogP contribution in [0, 0.1) is 6.92 Å². The highest BCUT2D eigenvalue weighted by Crippen LogP contribution is 2.29. The Labute approximate surface area is 127 Å². The Morgan fingerprint density at radius 2 is 2.32 bits per heavy atom. The molecular formula is C14H17BrClNO2. The van der Waals surface area contributed by atoms with Crippen LogP contribution in [-0.4, -0.2) is 18.6 Å². The first-order valence-corrected chi connectivity index (χ1v) is 7.11. The molecule has 1 aromatic rings. The van der Waals surface area contributed by atoms with E-state index in [1.807, 2.05) is 13.0 Å². The Bertz CT molecular complexity index is 454. The van der Waals surface area contributed by atoms with Crippen LogP contribution in [0.3, 0.4) is 0 Å². The van der Waals surface area contributed by atoms with Crippen molar-refractivity contribution in [3.05, 3.63) is 39.8 Å². The molecule has 0 aromatic heterocycles. The van der Waals surface area contributed by atoms with Crippen molar-refractivity contribution in [1.82, 2.24) is 0 Å². The standard InChI is InChI=1S/C14H17BrClNO2/c1-4-5-6-19-10(3)14(18)17-13-9(2)7-11(15)8-12(13)16/h4,7-8,10H,1,5-6H2,2-3H3,(H,17,18). The van der Waals surface area contributed by atoms with Gasteiger partial charge in [-0.05, 0) is 38.0 Å². The van der Waals surface area contributed by atoms with Gasteiger partial charge >= 0.3 is 0 Å². The average molecular weight is 347 g/mol. The molecule has 1 aromatic carbocycles. The summed E-state index contributed by atoms with van der Waals surface area (Å²) in [5.41, 5.74) is 1.51. The van der Waals surface area contributed by atoms with E-state index in [0.29, 0.717) is 17.3 Å². The number of carbonyl (C=O) groups excluding carboxylic acids is 1. The fourth-order valence-corrected chi connectivity index (χ4v) is 2.51. The number of aryl methyl sites for hydroxylation is 1. The minimum absolute atomic E-state index is 0.212. The number of hydrogen-bond donors (Lipinski definition) is 1. The maximum absolute atomic E-state index is 12.0. The van der Waals surface area contributed by atoms with Gasteiger partial charge in [0, 0.05) is 4.47 Å². The zero-order valence-corrected chi connectivity index (χ0v) is 13.3. The van der Waals surface area contributed by atoms with E-state index in [4.69, 9.17) is 16.3 Å². The molecule has 1 rings (SSSR count). The van der Waals surface area contributed by atoms with Gasteiger partial charge in [-0.3, -0.25) is 4.79 Å². The number of carbonyl (C=O) groups is 1. The minimum atomic E-state index is -0.529. The highest BCUT2D eigenvalue weighted by Gasteiger charge is 2.16. The van der Waals surface area contributed by atoms with Crippen LogP contribution in [0.4, 0.5) is 5.69 Å². The van der Waals surface area contributed by atoms with Gasteiger partial charge < -0.3 is 10.1 Å². The van der Waals surface area contributed by atoms with Crippen LogP contribution in [-0.2, 0) is 9.53 Å². The predicted octanol–water partition coefficient (Wildman–Crippen LogP) is 4.33. The molecule has 5 heteroatoms. The van der Waals surface area contributed by atoms with E-state index >= 15 is 0 Å². The maximum atomic E-state index is 12.0. The second-order valence-electron chi connectivity index (χ2n) is 4.16. The first-order valence-electron chi connectivity index (χ1n) is 5.94. The molecule has 19 heavy (non-hydrogen) atoms. The van der Waals surface area contributed by atoms with Gasteiger partial charge in [0.2, 0.25) is 0 Å². The third-order valence-corrected chi connectivity index (χ3v) is 3.32. The van der Waals surface area contributed by atoms with Crippen LogP contribution in [0.2, 0.25) is 5.02 Å². The van der Waals surface area contributed by atoms with Crippen LogP contribution in [0.5, 0.6) is 0 Å². The minimum Gasteiger partial charge on any atom is -0.368 e. The van der Waals surface area contributed by atoms with Crippen molar-refractivity contribution in [2.24, 2.45) is 0 Å². The van der Waals surface area contributed by atoms with E-state index < -0.39 is 6.10 Å². The lowest BCUT2D eigenvalue weighted by atomic mass is 10.2. The van der Waals surface area contributed by atoms with E-state index in [1.54, 1.807) is 19.1 Å². The summed E-state index contributed by atoms with van der Waals surface area (Å²) in [5, 5.41) is 3.29. The topological polar surface area (TPSA) is 38.3 Å². The Balaban J connectivity index is 2.69. The monoisotopic (exact) mass is 345 g/mol. The van der Waals surface area contributed by atoms with Gasteiger partial charge in [0.25, 0.3) is 5.91 Å². The molecule has 0 spiro atoms. The molecule has 104 valence electrons. The van der Waals surface area contributed by atoms with Gasteiger partial charge in [0.15, 0.2) is 0 Å². The van der Waals surface area contributed by atoms with Gasteiger partial charge in [-0.15, -0.1) is 6.58 Å². The Hall–Kier alpha value is -0.840. The molecule has 0 heterocycles. The highest BCUT2D eigenvalue weighted by molar-refractivity contribution is 9.10. The van der Waals surface area contributed by atoms with Gasteiger partial charge in [0.05, 0.1) is 17.3 Å². The van der Waals surface area contributed by atoms with E-state index in [0.717, 1.165) is 16.5 Å². The maximum Gasteiger partial charge on any atom is 0.253 e. The van der Waals surface area contributed by atoms with Crippen molar-refractivity contribution in [2.75, 3.05) is 11.9 Å². The molecule has 0 fully saturated rings. The molecule has 0 radical (unpaired) electrons. The molecular weight excluding hydrogens is 330 g/mol. The molecule has 1 atom stereocenters. The zero-order chi connectivity index (χ0) is 14.4. The fraction of sp³-hybridized carbons (Fsp3) is 0.357. The SMILES string of the molecule is C=CCCOC(C)C(=O)Nc1c(C)cc(Br)cc1Cl. The van der Waals surface area contributed by atoms with Crippen molar-refractivity contribution >= 4 is 39.1 Å². The summed E-state index contributed by atoms with van der Waals surface area (Å²) in [7, 11) is 0. The zero-order valence-electron chi connectivity index (χ0n) is 11.0. The molecule has 1 unspecified atom stereocenters. The summed E-state index contributed by atoms with van der Waals surface area (Å²) in [6.45, 7) is 7.67. The highest BCUT2D eigenvalue weighted by atomic mass is 79.9. The summed E-state index contributed by atoms with van der Waals surface area (Å²) in [6.07, 6.45) is 1.94. The fourth-order valence-electron chi connectivity index (χ4n) is 1.49. The third kappa shape index (κ3) is 4.97. The molecule has 3 nitrogen and oxygen atoms in total. The van der Waals surface area contributed by atoms with Crippen LogP contribution in [0.15, 0.2) is 29.3 Å². The number of anilines is 1. The number of halogens is 2. The molecule has 1 N–H and O–H groups in total. The molecule has 0 saturated carbocycles. The van der Waals surface area contributed by atoms with Crippen molar-refractivity contribution in [3.63, 3.8) is 0 Å². The second kappa shape index (κ2) is 7.68. The van der Waals surface area contributed by atoms with Crippen molar-refractivity contribution in [2.45, 2.75) is 26.4 Å². The Kier molecular flexibility index (Phi) is 6.55. The molecule has 0 aliphatic carbocycles.